The van der Waals surface area contributed by atoms with Crippen LogP contribution in [0.15, 0.2) is 109 Å². The van der Waals surface area contributed by atoms with Gasteiger partial charge in [0.1, 0.15) is 0 Å². The molecule has 7 aromatic rings. The number of nitrogen functional groups attached to an aromatic ring is 2. The lowest BCUT2D eigenvalue weighted by atomic mass is 10.0. The summed E-state index contributed by atoms with van der Waals surface area (Å²) in [6.45, 7) is 4.07. The second-order valence-corrected chi connectivity index (χ2v) is 11.1. The van der Waals surface area contributed by atoms with Crippen LogP contribution in [0.1, 0.15) is 31.8 Å². The number of rotatable bonds is 0. The van der Waals surface area contributed by atoms with E-state index in [2.05, 4.69) is 61.5 Å². The van der Waals surface area contributed by atoms with Crippen LogP contribution in [0.2, 0.25) is 0 Å². The summed E-state index contributed by atoms with van der Waals surface area (Å²) in [6.07, 6.45) is 0. The van der Waals surface area contributed by atoms with Crippen molar-refractivity contribution in [1.82, 2.24) is 9.97 Å². The maximum Gasteiger partial charge on any atom is 0.234 e. The highest BCUT2D eigenvalue weighted by atomic mass is 16.2. The minimum Gasteiger partial charge on any atom is -0.397 e. The summed E-state index contributed by atoms with van der Waals surface area (Å²) in [5.74, 6) is -0.756. The Hall–Kier alpha value is -5.88. The SMILES string of the molecule is Cc1ccc(N)c(N)c1.Cc1ccc2nc3c(nc2c1)-c1cccc2cccc-3c12.O=C1C(=O)c2cccc3cccc1c23. The number of aryl methyl sites for hydroxylation is 2. The minimum absolute atomic E-state index is 0.378. The number of Topliss-reactive ketones (excluding diaryl/α,β-unsaturated/α-hetero) is 2. The monoisotopic (exact) mass is 572 g/mol. The number of aromatic nitrogens is 2. The van der Waals surface area contributed by atoms with Gasteiger partial charge >= 0.3 is 0 Å². The van der Waals surface area contributed by atoms with E-state index < -0.39 is 0 Å². The molecule has 0 radical (unpaired) electrons. The molecule has 0 bridgehead atoms. The Morgan fingerprint density at radius 2 is 0.932 bits per heavy atom. The van der Waals surface area contributed by atoms with Gasteiger partial charge < -0.3 is 11.5 Å². The van der Waals surface area contributed by atoms with Crippen LogP contribution in [0.5, 0.6) is 0 Å². The van der Waals surface area contributed by atoms with Crippen molar-refractivity contribution in [3.8, 4) is 22.5 Å². The molecule has 0 amide bonds. The fraction of sp³-hybridized carbons (Fsp3) is 0.0526. The lowest BCUT2D eigenvalue weighted by Crippen LogP contribution is -2.05. The van der Waals surface area contributed by atoms with E-state index >= 15 is 0 Å². The zero-order valence-electron chi connectivity index (χ0n) is 24.3. The first-order valence-electron chi connectivity index (χ1n) is 14.3. The Balaban J connectivity index is 0.000000117. The first-order chi connectivity index (χ1) is 21.3. The first-order valence-corrected chi connectivity index (χ1v) is 14.3. The van der Waals surface area contributed by atoms with E-state index in [1.54, 1.807) is 24.3 Å². The molecule has 0 atom stereocenters. The summed E-state index contributed by atoms with van der Waals surface area (Å²) in [5.41, 5.74) is 22.1. The summed E-state index contributed by atoms with van der Waals surface area (Å²) in [5, 5.41) is 4.30. The Bertz CT molecular complexity index is 2270. The van der Waals surface area contributed by atoms with Crippen LogP contribution in [0.4, 0.5) is 11.4 Å². The van der Waals surface area contributed by atoms with Gasteiger partial charge in [-0.2, -0.15) is 0 Å². The summed E-state index contributed by atoms with van der Waals surface area (Å²) in [7, 11) is 0. The molecule has 9 rings (SSSR count). The highest BCUT2D eigenvalue weighted by Crippen LogP contribution is 2.45. The van der Waals surface area contributed by atoms with Gasteiger partial charge in [-0.1, -0.05) is 84.9 Å². The Kier molecular flexibility index (Phi) is 6.40. The molecule has 0 saturated heterocycles. The Labute approximate surface area is 254 Å². The molecule has 2 aliphatic carbocycles. The predicted octanol–water partition coefficient (Wildman–Crippen LogP) is 8.12. The Morgan fingerprint density at radius 1 is 0.477 bits per heavy atom. The van der Waals surface area contributed by atoms with E-state index in [9.17, 15) is 9.59 Å². The third-order valence-corrected chi connectivity index (χ3v) is 8.08. The lowest BCUT2D eigenvalue weighted by Gasteiger charge is -2.04. The second kappa shape index (κ2) is 10.4. The smallest absolute Gasteiger partial charge is 0.234 e. The van der Waals surface area contributed by atoms with Gasteiger partial charge in [-0.15, -0.1) is 0 Å². The number of anilines is 2. The number of benzene rings is 6. The zero-order chi connectivity index (χ0) is 30.5. The summed E-state index contributed by atoms with van der Waals surface area (Å²) < 4.78 is 0. The number of hydrogen-bond acceptors (Lipinski definition) is 6. The van der Waals surface area contributed by atoms with E-state index in [4.69, 9.17) is 21.4 Å². The maximum absolute atomic E-state index is 11.5. The molecular weight excluding hydrogens is 544 g/mol. The van der Waals surface area contributed by atoms with Crippen LogP contribution in [0.25, 0.3) is 55.1 Å². The molecule has 1 heterocycles. The third kappa shape index (κ3) is 4.44. The molecule has 0 unspecified atom stereocenters. The number of carbonyl (C=O) groups is 2. The van der Waals surface area contributed by atoms with E-state index in [1.807, 2.05) is 37.3 Å². The van der Waals surface area contributed by atoms with Crippen molar-refractivity contribution < 1.29 is 9.59 Å². The molecule has 0 spiro atoms. The van der Waals surface area contributed by atoms with Gasteiger partial charge in [0, 0.05) is 33.0 Å². The second-order valence-electron chi connectivity index (χ2n) is 11.1. The molecule has 1 aromatic heterocycles. The van der Waals surface area contributed by atoms with Crippen molar-refractivity contribution in [2.45, 2.75) is 13.8 Å². The van der Waals surface area contributed by atoms with Crippen LogP contribution in [-0.4, -0.2) is 21.5 Å². The summed E-state index contributed by atoms with van der Waals surface area (Å²) in [6, 6.07) is 35.5. The molecule has 0 fully saturated rings. The van der Waals surface area contributed by atoms with Crippen LogP contribution in [-0.2, 0) is 0 Å². The molecule has 6 aromatic carbocycles. The van der Waals surface area contributed by atoms with Crippen LogP contribution >= 0.6 is 0 Å². The van der Waals surface area contributed by atoms with Crippen molar-refractivity contribution in [1.29, 1.82) is 0 Å². The van der Waals surface area contributed by atoms with Gasteiger partial charge in [0.25, 0.3) is 0 Å². The predicted molar refractivity (Wildman–Crippen MR) is 179 cm³/mol. The summed E-state index contributed by atoms with van der Waals surface area (Å²) in [4.78, 5) is 32.8. The van der Waals surface area contributed by atoms with Crippen molar-refractivity contribution >= 4 is 55.5 Å². The van der Waals surface area contributed by atoms with E-state index in [1.165, 1.54) is 27.5 Å². The van der Waals surface area contributed by atoms with E-state index in [-0.39, 0.29) is 11.6 Å². The van der Waals surface area contributed by atoms with Gasteiger partial charge in [-0.05, 0) is 60.0 Å². The van der Waals surface area contributed by atoms with Gasteiger partial charge in [-0.3, -0.25) is 9.59 Å². The standard InChI is InChI=1S/C19H12N2.C12H6O2.C7H10N2/c1-11-8-9-15-16(10-11)21-19-14-7-3-5-12-4-2-6-13(17(12)14)18(19)20-15;13-11-8-5-1-3-7-4-2-6-9(10(7)8)12(11)14;1-5-2-3-6(8)7(9)4-5/h2-10H,1H3;1-6H;2-4H,8-9H2,1H3. The quantitative estimate of drug-likeness (QED) is 0.140. The van der Waals surface area contributed by atoms with Gasteiger partial charge in [-0.25, -0.2) is 9.97 Å². The molecule has 0 saturated carbocycles. The molecule has 4 N–H and O–H groups in total. The van der Waals surface area contributed by atoms with E-state index in [0.717, 1.165) is 38.8 Å². The maximum atomic E-state index is 11.5. The molecule has 44 heavy (non-hydrogen) atoms. The van der Waals surface area contributed by atoms with Crippen molar-refractivity contribution in [2.75, 3.05) is 11.5 Å². The fourth-order valence-electron chi connectivity index (χ4n) is 5.93. The number of nitrogens with zero attached hydrogens (tertiary/aromatic N) is 2. The molecular formula is C38H28N4O2. The molecule has 6 nitrogen and oxygen atoms in total. The normalized spacial score (nSPS) is 12.1. The van der Waals surface area contributed by atoms with Gasteiger partial charge in [0.15, 0.2) is 0 Å². The number of carbonyl (C=O) groups excluding carboxylic acids is 2. The fourth-order valence-corrected chi connectivity index (χ4v) is 5.93. The topological polar surface area (TPSA) is 112 Å². The van der Waals surface area contributed by atoms with Crippen molar-refractivity contribution in [2.24, 2.45) is 0 Å². The van der Waals surface area contributed by atoms with E-state index in [0.29, 0.717) is 22.5 Å². The number of hydrogen-bond donors (Lipinski definition) is 2. The number of ketones is 2. The summed E-state index contributed by atoms with van der Waals surface area (Å²) >= 11 is 0. The number of nitrogens with two attached hydrogens (primary N) is 2. The van der Waals surface area contributed by atoms with Crippen LogP contribution in [0, 0.1) is 13.8 Å². The van der Waals surface area contributed by atoms with Crippen molar-refractivity contribution in [3.05, 3.63) is 131 Å². The van der Waals surface area contributed by atoms with Gasteiger partial charge in [0.2, 0.25) is 11.6 Å². The van der Waals surface area contributed by atoms with Crippen molar-refractivity contribution in [3.63, 3.8) is 0 Å². The van der Waals surface area contributed by atoms with Gasteiger partial charge in [0.05, 0.1) is 33.8 Å². The average molecular weight is 573 g/mol. The lowest BCUT2D eigenvalue weighted by molar-refractivity contribution is 0.0825. The molecule has 0 aliphatic heterocycles. The van der Waals surface area contributed by atoms with Crippen LogP contribution < -0.4 is 11.5 Å². The first kappa shape index (κ1) is 27.0. The zero-order valence-corrected chi connectivity index (χ0v) is 24.3. The third-order valence-electron chi connectivity index (χ3n) is 8.08. The minimum atomic E-state index is -0.378. The highest BCUT2D eigenvalue weighted by Gasteiger charge is 2.30. The molecule has 6 heteroatoms. The largest absolute Gasteiger partial charge is 0.397 e. The number of fused-ring (bicyclic) bond motifs is 4. The molecule has 2 aliphatic rings. The highest BCUT2D eigenvalue weighted by molar-refractivity contribution is 6.57. The Morgan fingerprint density at radius 3 is 1.45 bits per heavy atom. The average Bonchev–Trinajstić information content (AvgIpc) is 3.48. The molecule has 212 valence electrons. The van der Waals surface area contributed by atoms with Crippen LogP contribution in [0.3, 0.4) is 0 Å².